The molecule has 4 rings (SSSR count). The van der Waals surface area contributed by atoms with Crippen LogP contribution in [0.2, 0.25) is 5.02 Å². The molecule has 0 bridgehead atoms. The Morgan fingerprint density at radius 2 is 1.61 bits per heavy atom. The molecule has 28 heavy (non-hydrogen) atoms. The highest BCUT2D eigenvalue weighted by Gasteiger charge is 2.19. The fraction of sp³-hybridized carbons (Fsp3) is 0.136. The number of nitrogens with one attached hydrogen (secondary N) is 1. The Morgan fingerprint density at radius 1 is 0.964 bits per heavy atom. The van der Waals surface area contributed by atoms with Crippen LogP contribution in [0.1, 0.15) is 10.4 Å². The van der Waals surface area contributed by atoms with Crippen LogP contribution in [-0.4, -0.2) is 26.2 Å². The monoisotopic (exact) mass is 394 g/mol. The maximum Gasteiger partial charge on any atom is 0.257 e. The summed E-state index contributed by atoms with van der Waals surface area (Å²) < 4.78 is 11.1. The maximum absolute atomic E-state index is 13.0. The van der Waals surface area contributed by atoms with Gasteiger partial charge in [-0.25, -0.2) is 0 Å². The van der Waals surface area contributed by atoms with Crippen LogP contribution in [0.5, 0.6) is 11.5 Å². The third-order valence-corrected chi connectivity index (χ3v) is 4.85. The van der Waals surface area contributed by atoms with Gasteiger partial charge in [-0.05, 0) is 24.3 Å². The number of fused-ring (bicyclic) bond motifs is 1. The normalized spacial score (nSPS) is 12.4. The molecule has 0 aliphatic carbocycles. The van der Waals surface area contributed by atoms with Gasteiger partial charge in [0.05, 0.1) is 22.0 Å². The minimum Gasteiger partial charge on any atom is -0.486 e. The number of carbonyl (C=O) groups excluding carboxylic acids is 1. The first-order valence-corrected chi connectivity index (χ1v) is 9.29. The summed E-state index contributed by atoms with van der Waals surface area (Å²) in [6, 6.07) is 20.7. The van der Waals surface area contributed by atoms with E-state index in [-0.39, 0.29) is 5.91 Å². The van der Waals surface area contributed by atoms with E-state index in [9.17, 15) is 4.79 Å². The fourth-order valence-electron chi connectivity index (χ4n) is 3.10. The van der Waals surface area contributed by atoms with Crippen LogP contribution < -0.4 is 19.7 Å². The maximum atomic E-state index is 13.0. The van der Waals surface area contributed by atoms with Crippen molar-refractivity contribution >= 4 is 34.6 Å². The van der Waals surface area contributed by atoms with Crippen molar-refractivity contribution in [2.24, 2.45) is 0 Å². The second-order valence-corrected chi connectivity index (χ2v) is 6.75. The van der Waals surface area contributed by atoms with E-state index < -0.39 is 0 Å². The third-order valence-electron chi connectivity index (χ3n) is 4.53. The van der Waals surface area contributed by atoms with Crippen molar-refractivity contribution in [2.75, 3.05) is 30.5 Å². The van der Waals surface area contributed by atoms with E-state index in [1.807, 2.05) is 60.5 Å². The second kappa shape index (κ2) is 7.82. The Bertz CT molecular complexity index is 1010. The predicted molar refractivity (Wildman–Crippen MR) is 111 cm³/mol. The molecule has 0 unspecified atom stereocenters. The van der Waals surface area contributed by atoms with E-state index in [4.69, 9.17) is 21.1 Å². The number of amides is 1. The molecule has 3 aromatic carbocycles. The van der Waals surface area contributed by atoms with Gasteiger partial charge in [-0.2, -0.15) is 0 Å². The number of ether oxygens (including phenoxy) is 2. The Morgan fingerprint density at radius 3 is 2.36 bits per heavy atom. The number of nitrogens with zero attached hydrogens (tertiary/aromatic N) is 1. The first-order valence-electron chi connectivity index (χ1n) is 8.92. The minimum absolute atomic E-state index is 0.253. The van der Waals surface area contributed by atoms with Crippen molar-refractivity contribution in [3.8, 4) is 11.5 Å². The van der Waals surface area contributed by atoms with Crippen LogP contribution in [0.3, 0.4) is 0 Å². The Kier molecular flexibility index (Phi) is 5.08. The van der Waals surface area contributed by atoms with Gasteiger partial charge in [-0.1, -0.05) is 41.9 Å². The lowest BCUT2D eigenvalue weighted by Gasteiger charge is -2.23. The molecule has 6 heteroatoms. The molecule has 0 saturated carbocycles. The van der Waals surface area contributed by atoms with E-state index in [0.717, 1.165) is 11.4 Å². The first-order chi connectivity index (χ1) is 13.6. The summed E-state index contributed by atoms with van der Waals surface area (Å²) in [6.45, 7) is 0.945. The van der Waals surface area contributed by atoms with Crippen LogP contribution in [0.25, 0.3) is 0 Å². The summed E-state index contributed by atoms with van der Waals surface area (Å²) >= 11 is 6.33. The molecule has 0 aromatic heterocycles. The highest BCUT2D eigenvalue weighted by atomic mass is 35.5. The Labute approximate surface area is 168 Å². The molecule has 3 aromatic rings. The average Bonchev–Trinajstić information content (AvgIpc) is 2.74. The van der Waals surface area contributed by atoms with E-state index in [2.05, 4.69) is 5.32 Å². The number of para-hydroxylation sites is 2. The number of rotatable bonds is 4. The quantitative estimate of drug-likeness (QED) is 0.666. The van der Waals surface area contributed by atoms with Gasteiger partial charge in [0.15, 0.2) is 11.5 Å². The summed E-state index contributed by atoms with van der Waals surface area (Å²) in [6.07, 6.45) is 0. The van der Waals surface area contributed by atoms with Crippen molar-refractivity contribution in [3.63, 3.8) is 0 Å². The smallest absolute Gasteiger partial charge is 0.257 e. The summed E-state index contributed by atoms with van der Waals surface area (Å²) in [5, 5.41) is 3.29. The Balaban J connectivity index is 1.63. The molecule has 0 atom stereocenters. The molecule has 1 heterocycles. The molecule has 0 radical (unpaired) electrons. The first kappa shape index (κ1) is 18.2. The molecule has 0 saturated heterocycles. The van der Waals surface area contributed by atoms with Crippen molar-refractivity contribution in [1.82, 2.24) is 0 Å². The number of anilines is 3. The second-order valence-electron chi connectivity index (χ2n) is 6.34. The highest BCUT2D eigenvalue weighted by Crippen LogP contribution is 2.38. The fourth-order valence-corrected chi connectivity index (χ4v) is 3.30. The molecular weight excluding hydrogens is 376 g/mol. The van der Waals surface area contributed by atoms with Crippen molar-refractivity contribution in [1.29, 1.82) is 0 Å². The zero-order chi connectivity index (χ0) is 19.5. The van der Waals surface area contributed by atoms with Gasteiger partial charge < -0.3 is 19.7 Å². The topological polar surface area (TPSA) is 50.8 Å². The van der Waals surface area contributed by atoms with Gasteiger partial charge >= 0.3 is 0 Å². The van der Waals surface area contributed by atoms with Crippen LogP contribution in [0.15, 0.2) is 66.7 Å². The highest BCUT2D eigenvalue weighted by molar-refractivity contribution is 6.34. The zero-order valence-corrected chi connectivity index (χ0v) is 16.1. The number of hydrogen-bond acceptors (Lipinski definition) is 4. The van der Waals surface area contributed by atoms with Crippen LogP contribution in [0.4, 0.5) is 17.1 Å². The lowest BCUT2D eigenvalue weighted by molar-refractivity contribution is 0.102. The zero-order valence-electron chi connectivity index (χ0n) is 15.3. The SMILES string of the molecule is CN(c1ccccc1)c1ccccc1C(=O)Nc1cc2c(cc1Cl)OCCO2. The van der Waals surface area contributed by atoms with Gasteiger partial charge in [-0.15, -0.1) is 0 Å². The van der Waals surface area contributed by atoms with Gasteiger partial charge in [0.2, 0.25) is 0 Å². The molecule has 0 spiro atoms. The van der Waals surface area contributed by atoms with Crippen LogP contribution >= 0.6 is 11.6 Å². The van der Waals surface area contributed by atoms with E-state index in [0.29, 0.717) is 41.0 Å². The minimum atomic E-state index is -0.253. The van der Waals surface area contributed by atoms with Gasteiger partial charge in [0.25, 0.3) is 5.91 Å². The third kappa shape index (κ3) is 3.62. The van der Waals surface area contributed by atoms with Crippen LogP contribution in [0, 0.1) is 0 Å². The predicted octanol–water partition coefficient (Wildman–Crippen LogP) is 5.13. The van der Waals surface area contributed by atoms with Crippen molar-refractivity contribution in [2.45, 2.75) is 0 Å². The molecule has 1 aliphatic rings. The van der Waals surface area contributed by atoms with E-state index >= 15 is 0 Å². The molecule has 5 nitrogen and oxygen atoms in total. The molecule has 142 valence electrons. The molecule has 0 fully saturated rings. The largest absolute Gasteiger partial charge is 0.486 e. The van der Waals surface area contributed by atoms with Crippen molar-refractivity contribution < 1.29 is 14.3 Å². The Hall–Kier alpha value is -3.18. The summed E-state index contributed by atoms with van der Waals surface area (Å²) in [5.74, 6) is 0.899. The lowest BCUT2D eigenvalue weighted by Crippen LogP contribution is -2.19. The lowest BCUT2D eigenvalue weighted by atomic mass is 10.1. The number of benzene rings is 3. The number of halogens is 1. The molecule has 1 N–H and O–H groups in total. The molecular formula is C22H19ClN2O3. The average molecular weight is 395 g/mol. The van der Waals surface area contributed by atoms with E-state index in [1.165, 1.54) is 0 Å². The summed E-state index contributed by atoms with van der Waals surface area (Å²) in [7, 11) is 1.93. The standard InChI is InChI=1S/C22H19ClN2O3/c1-25(15-7-3-2-4-8-15)19-10-6-5-9-16(19)22(26)24-18-14-21-20(13-17(18)23)27-11-12-28-21/h2-10,13-14H,11-12H2,1H3,(H,24,26). The number of hydrogen-bond donors (Lipinski definition) is 1. The summed E-state index contributed by atoms with van der Waals surface area (Å²) in [4.78, 5) is 15.0. The van der Waals surface area contributed by atoms with Gasteiger partial charge in [0, 0.05) is 24.9 Å². The van der Waals surface area contributed by atoms with Gasteiger partial charge in [0.1, 0.15) is 13.2 Å². The van der Waals surface area contributed by atoms with E-state index in [1.54, 1.807) is 18.2 Å². The number of carbonyl (C=O) groups is 1. The van der Waals surface area contributed by atoms with Gasteiger partial charge in [-0.3, -0.25) is 4.79 Å². The molecule has 1 amide bonds. The van der Waals surface area contributed by atoms with Crippen molar-refractivity contribution in [3.05, 3.63) is 77.3 Å². The summed E-state index contributed by atoms with van der Waals surface area (Å²) in [5.41, 5.74) is 2.80. The van der Waals surface area contributed by atoms with Crippen LogP contribution in [-0.2, 0) is 0 Å². The molecule has 1 aliphatic heterocycles.